The Hall–Kier alpha value is -1.36. The molecule has 1 N–H and O–H groups in total. The van der Waals surface area contributed by atoms with Gasteiger partial charge < -0.3 is 10.1 Å². The van der Waals surface area contributed by atoms with Crippen molar-refractivity contribution in [2.24, 2.45) is 0 Å². The maximum atomic E-state index is 5.42. The molecule has 0 aliphatic heterocycles. The summed E-state index contributed by atoms with van der Waals surface area (Å²) >= 11 is 0. The summed E-state index contributed by atoms with van der Waals surface area (Å²) in [6.45, 7) is 9.79. The number of nitrogens with zero attached hydrogens (tertiary/aromatic N) is 3. The zero-order valence-electron chi connectivity index (χ0n) is 12.1. The highest BCUT2D eigenvalue weighted by Crippen LogP contribution is 2.26. The van der Waals surface area contributed by atoms with Crippen molar-refractivity contribution in [3.63, 3.8) is 0 Å². The van der Waals surface area contributed by atoms with E-state index in [0.717, 1.165) is 37.3 Å². The lowest BCUT2D eigenvalue weighted by atomic mass is 10.4. The summed E-state index contributed by atoms with van der Waals surface area (Å²) in [5.74, 6) is 2.23. The number of anilines is 1. The zero-order chi connectivity index (χ0) is 13.7. The maximum absolute atomic E-state index is 5.42. The molecule has 0 bridgehead atoms. The molecular formula is C14H24N4O. The highest BCUT2D eigenvalue weighted by molar-refractivity contribution is 5.38. The van der Waals surface area contributed by atoms with Crippen LogP contribution in [0, 0.1) is 6.92 Å². The van der Waals surface area contributed by atoms with Gasteiger partial charge in [-0.05, 0) is 33.2 Å². The quantitative estimate of drug-likeness (QED) is 0.779. The van der Waals surface area contributed by atoms with Crippen molar-refractivity contribution in [1.29, 1.82) is 0 Å². The lowest BCUT2D eigenvalue weighted by Gasteiger charge is -2.20. The SMILES string of the molecule is CCOc1cc(NCCN(CC)C2CC2)nc(C)n1. The number of hydrogen-bond acceptors (Lipinski definition) is 5. The van der Waals surface area contributed by atoms with E-state index in [1.807, 2.05) is 19.9 Å². The first-order valence-electron chi connectivity index (χ1n) is 7.19. The second-order valence-electron chi connectivity index (χ2n) is 4.86. The van der Waals surface area contributed by atoms with Gasteiger partial charge in [-0.2, -0.15) is 4.98 Å². The first kappa shape index (κ1) is 14.1. The molecule has 0 saturated heterocycles. The van der Waals surface area contributed by atoms with Crippen LogP contribution in [0.15, 0.2) is 6.07 Å². The third-order valence-electron chi connectivity index (χ3n) is 3.28. The molecule has 1 heterocycles. The molecule has 1 aliphatic carbocycles. The van der Waals surface area contributed by atoms with Crippen LogP contribution in [-0.4, -0.2) is 47.2 Å². The largest absolute Gasteiger partial charge is 0.478 e. The van der Waals surface area contributed by atoms with Gasteiger partial charge >= 0.3 is 0 Å². The highest BCUT2D eigenvalue weighted by atomic mass is 16.5. The normalized spacial score (nSPS) is 14.7. The molecule has 19 heavy (non-hydrogen) atoms. The molecule has 1 saturated carbocycles. The molecular weight excluding hydrogens is 240 g/mol. The molecule has 0 radical (unpaired) electrons. The van der Waals surface area contributed by atoms with Crippen molar-refractivity contribution < 1.29 is 4.74 Å². The summed E-state index contributed by atoms with van der Waals surface area (Å²) in [7, 11) is 0. The van der Waals surface area contributed by atoms with E-state index in [4.69, 9.17) is 4.74 Å². The minimum absolute atomic E-state index is 0.626. The van der Waals surface area contributed by atoms with E-state index in [-0.39, 0.29) is 0 Å². The van der Waals surface area contributed by atoms with Gasteiger partial charge in [0.15, 0.2) is 0 Å². The Kier molecular flexibility index (Phi) is 4.96. The summed E-state index contributed by atoms with van der Waals surface area (Å²) in [6, 6.07) is 2.68. The molecule has 1 aromatic heterocycles. The molecule has 0 atom stereocenters. The van der Waals surface area contributed by atoms with Crippen LogP contribution < -0.4 is 10.1 Å². The van der Waals surface area contributed by atoms with Gasteiger partial charge in [-0.3, -0.25) is 4.90 Å². The molecule has 106 valence electrons. The van der Waals surface area contributed by atoms with E-state index in [2.05, 4.69) is 27.1 Å². The van der Waals surface area contributed by atoms with Gasteiger partial charge in [-0.15, -0.1) is 0 Å². The van der Waals surface area contributed by atoms with E-state index in [0.29, 0.717) is 12.5 Å². The molecule has 0 unspecified atom stereocenters. The first-order chi connectivity index (χ1) is 9.22. The molecule has 1 fully saturated rings. The summed E-state index contributed by atoms with van der Waals surface area (Å²) < 4.78 is 5.42. The average molecular weight is 264 g/mol. The number of ether oxygens (including phenoxy) is 1. The van der Waals surface area contributed by atoms with Gasteiger partial charge in [0.1, 0.15) is 11.6 Å². The summed E-state index contributed by atoms with van der Waals surface area (Å²) in [6.07, 6.45) is 2.71. The van der Waals surface area contributed by atoms with Crippen LogP contribution >= 0.6 is 0 Å². The molecule has 5 nitrogen and oxygen atoms in total. The van der Waals surface area contributed by atoms with Crippen molar-refractivity contribution in [3.05, 3.63) is 11.9 Å². The van der Waals surface area contributed by atoms with E-state index >= 15 is 0 Å². The fourth-order valence-electron chi connectivity index (χ4n) is 2.22. The van der Waals surface area contributed by atoms with Crippen LogP contribution in [0.5, 0.6) is 5.88 Å². The average Bonchev–Trinajstić information content (AvgIpc) is 3.19. The van der Waals surface area contributed by atoms with Gasteiger partial charge in [-0.25, -0.2) is 4.98 Å². The molecule has 2 rings (SSSR count). The smallest absolute Gasteiger partial charge is 0.218 e. The van der Waals surface area contributed by atoms with Crippen molar-refractivity contribution in [1.82, 2.24) is 14.9 Å². The summed E-state index contributed by atoms with van der Waals surface area (Å²) in [4.78, 5) is 11.1. The number of rotatable bonds is 8. The molecule has 0 aromatic carbocycles. The number of aromatic nitrogens is 2. The third-order valence-corrected chi connectivity index (χ3v) is 3.28. The third kappa shape index (κ3) is 4.35. The lowest BCUT2D eigenvalue weighted by Crippen LogP contribution is -2.31. The maximum Gasteiger partial charge on any atom is 0.218 e. The van der Waals surface area contributed by atoms with E-state index in [9.17, 15) is 0 Å². The fraction of sp³-hybridized carbons (Fsp3) is 0.714. The summed E-state index contributed by atoms with van der Waals surface area (Å²) in [5.41, 5.74) is 0. The van der Waals surface area contributed by atoms with Crippen LogP contribution in [0.3, 0.4) is 0 Å². The van der Waals surface area contributed by atoms with Crippen molar-refractivity contribution in [2.75, 3.05) is 31.6 Å². The Morgan fingerprint density at radius 3 is 2.79 bits per heavy atom. The Morgan fingerprint density at radius 2 is 2.16 bits per heavy atom. The van der Waals surface area contributed by atoms with Crippen LogP contribution in [0.1, 0.15) is 32.5 Å². The first-order valence-corrected chi connectivity index (χ1v) is 7.19. The van der Waals surface area contributed by atoms with Gasteiger partial charge in [0.2, 0.25) is 5.88 Å². The van der Waals surface area contributed by atoms with E-state index < -0.39 is 0 Å². The lowest BCUT2D eigenvalue weighted by molar-refractivity contribution is 0.289. The fourth-order valence-corrected chi connectivity index (χ4v) is 2.22. The molecule has 5 heteroatoms. The minimum Gasteiger partial charge on any atom is -0.478 e. The Labute approximate surface area is 115 Å². The van der Waals surface area contributed by atoms with Crippen LogP contribution in [0.2, 0.25) is 0 Å². The zero-order valence-corrected chi connectivity index (χ0v) is 12.1. The molecule has 1 aromatic rings. The minimum atomic E-state index is 0.626. The van der Waals surface area contributed by atoms with Crippen LogP contribution in [-0.2, 0) is 0 Å². The Bertz CT molecular complexity index is 406. The standard InChI is InChI=1S/C14H24N4O/c1-4-18(12-6-7-12)9-8-15-13-10-14(19-5-2)17-11(3)16-13/h10,12H,4-9H2,1-3H3,(H,15,16,17). The monoisotopic (exact) mass is 264 g/mol. The predicted molar refractivity (Wildman–Crippen MR) is 76.7 cm³/mol. The van der Waals surface area contributed by atoms with Crippen LogP contribution in [0.4, 0.5) is 5.82 Å². The van der Waals surface area contributed by atoms with Crippen molar-refractivity contribution in [2.45, 2.75) is 39.7 Å². The van der Waals surface area contributed by atoms with Crippen molar-refractivity contribution >= 4 is 5.82 Å². The Balaban J connectivity index is 1.84. The number of likely N-dealkylation sites (N-methyl/N-ethyl adjacent to an activating group) is 1. The van der Waals surface area contributed by atoms with E-state index in [1.54, 1.807) is 0 Å². The highest BCUT2D eigenvalue weighted by Gasteiger charge is 2.27. The summed E-state index contributed by atoms with van der Waals surface area (Å²) in [5, 5.41) is 3.36. The number of hydrogen-bond donors (Lipinski definition) is 1. The molecule has 1 aliphatic rings. The second-order valence-corrected chi connectivity index (χ2v) is 4.86. The van der Waals surface area contributed by atoms with Gasteiger partial charge in [-0.1, -0.05) is 6.92 Å². The topological polar surface area (TPSA) is 50.3 Å². The number of aryl methyl sites for hydroxylation is 1. The number of nitrogens with one attached hydrogen (secondary N) is 1. The van der Waals surface area contributed by atoms with Crippen LogP contribution in [0.25, 0.3) is 0 Å². The van der Waals surface area contributed by atoms with Gasteiger partial charge in [0.25, 0.3) is 0 Å². The van der Waals surface area contributed by atoms with Crippen molar-refractivity contribution in [3.8, 4) is 5.88 Å². The Morgan fingerprint density at radius 1 is 1.37 bits per heavy atom. The molecule has 0 spiro atoms. The van der Waals surface area contributed by atoms with Gasteiger partial charge in [0.05, 0.1) is 6.61 Å². The van der Waals surface area contributed by atoms with E-state index in [1.165, 1.54) is 12.8 Å². The predicted octanol–water partition coefficient (Wildman–Crippen LogP) is 2.08. The second kappa shape index (κ2) is 6.70. The molecule has 0 amide bonds. The van der Waals surface area contributed by atoms with Gasteiger partial charge in [0, 0.05) is 25.2 Å².